The standard InChI is InChI=1S/C20H21ClF3N3O4S/c21-17-11-14(20(22,23)24)12-26(19(17)29)13-18(28)25-15-5-7-16(8-6-15)32(30,31)27-9-3-1-2-4-10-27/h5-8,11-12H,1-4,9-10,13H2,(H,25,28). The van der Waals surface area contributed by atoms with E-state index in [4.69, 9.17) is 11.6 Å². The number of halogens is 4. The topological polar surface area (TPSA) is 88.5 Å². The molecule has 2 heterocycles. The van der Waals surface area contributed by atoms with Gasteiger partial charge in [0.1, 0.15) is 11.6 Å². The Bertz CT molecular complexity index is 1140. The van der Waals surface area contributed by atoms with Crippen LogP contribution < -0.4 is 10.9 Å². The first-order valence-electron chi connectivity index (χ1n) is 9.86. The summed E-state index contributed by atoms with van der Waals surface area (Å²) in [5.74, 6) is -0.773. The molecule has 1 aliphatic rings. The summed E-state index contributed by atoms with van der Waals surface area (Å²) in [5, 5.41) is 1.78. The van der Waals surface area contributed by atoms with E-state index in [-0.39, 0.29) is 10.6 Å². The second-order valence-electron chi connectivity index (χ2n) is 7.40. The van der Waals surface area contributed by atoms with Gasteiger partial charge in [-0.15, -0.1) is 0 Å². The van der Waals surface area contributed by atoms with Gasteiger partial charge in [-0.2, -0.15) is 17.5 Å². The van der Waals surface area contributed by atoms with Crippen molar-refractivity contribution in [1.29, 1.82) is 0 Å². The number of carbonyl (C=O) groups is 1. The number of pyridine rings is 1. The van der Waals surface area contributed by atoms with Gasteiger partial charge in [-0.1, -0.05) is 24.4 Å². The van der Waals surface area contributed by atoms with Crippen molar-refractivity contribution in [2.24, 2.45) is 0 Å². The molecule has 0 radical (unpaired) electrons. The van der Waals surface area contributed by atoms with Crippen LogP contribution in [0.3, 0.4) is 0 Å². The maximum absolute atomic E-state index is 12.9. The molecule has 7 nitrogen and oxygen atoms in total. The summed E-state index contributed by atoms with van der Waals surface area (Å²) in [6.45, 7) is 0.209. The number of amides is 1. The molecule has 32 heavy (non-hydrogen) atoms. The van der Waals surface area contributed by atoms with Crippen LogP contribution in [0.25, 0.3) is 0 Å². The van der Waals surface area contributed by atoms with Crippen LogP contribution in [0.1, 0.15) is 31.2 Å². The Kier molecular flexibility index (Phi) is 7.31. The number of hydrogen-bond donors (Lipinski definition) is 1. The van der Waals surface area contributed by atoms with Crippen LogP contribution in [0, 0.1) is 0 Å². The van der Waals surface area contributed by atoms with Crippen molar-refractivity contribution in [2.75, 3.05) is 18.4 Å². The number of benzene rings is 1. The van der Waals surface area contributed by atoms with Gasteiger partial charge in [0.05, 0.1) is 10.5 Å². The molecule has 12 heteroatoms. The van der Waals surface area contributed by atoms with Crippen LogP contribution in [-0.2, 0) is 27.5 Å². The van der Waals surface area contributed by atoms with Gasteiger partial charge < -0.3 is 9.88 Å². The van der Waals surface area contributed by atoms with Crippen LogP contribution in [0.2, 0.25) is 5.02 Å². The highest BCUT2D eigenvalue weighted by molar-refractivity contribution is 7.89. The number of nitrogens with zero attached hydrogens (tertiary/aromatic N) is 2. The highest BCUT2D eigenvalue weighted by atomic mass is 35.5. The lowest BCUT2D eigenvalue weighted by molar-refractivity contribution is -0.138. The minimum atomic E-state index is -4.73. The van der Waals surface area contributed by atoms with E-state index in [1.165, 1.54) is 28.6 Å². The fourth-order valence-electron chi connectivity index (χ4n) is 3.37. The van der Waals surface area contributed by atoms with Crippen molar-refractivity contribution in [3.63, 3.8) is 0 Å². The smallest absolute Gasteiger partial charge is 0.325 e. The molecule has 1 fully saturated rings. The number of aromatic nitrogens is 1. The van der Waals surface area contributed by atoms with Gasteiger partial charge in [0.15, 0.2) is 0 Å². The molecule has 0 atom stereocenters. The Morgan fingerprint density at radius 1 is 1.06 bits per heavy atom. The average molecular weight is 492 g/mol. The number of hydrogen-bond acceptors (Lipinski definition) is 4. The minimum Gasteiger partial charge on any atom is -0.325 e. The highest BCUT2D eigenvalue weighted by Gasteiger charge is 2.32. The van der Waals surface area contributed by atoms with Crippen LogP contribution >= 0.6 is 11.6 Å². The van der Waals surface area contributed by atoms with E-state index >= 15 is 0 Å². The number of carbonyl (C=O) groups excluding carboxylic acids is 1. The Morgan fingerprint density at radius 2 is 1.66 bits per heavy atom. The van der Waals surface area contributed by atoms with Crippen molar-refractivity contribution in [2.45, 2.75) is 43.3 Å². The molecule has 0 unspecified atom stereocenters. The van der Waals surface area contributed by atoms with Crippen molar-refractivity contribution in [1.82, 2.24) is 8.87 Å². The number of alkyl halides is 3. The zero-order valence-corrected chi connectivity index (χ0v) is 18.4. The normalized spacial score (nSPS) is 15.9. The monoisotopic (exact) mass is 491 g/mol. The molecule has 1 saturated heterocycles. The first kappa shape index (κ1) is 24.3. The number of nitrogens with one attached hydrogen (secondary N) is 1. The molecular weight excluding hydrogens is 471 g/mol. The predicted molar refractivity (Wildman–Crippen MR) is 113 cm³/mol. The second-order valence-corrected chi connectivity index (χ2v) is 9.74. The van der Waals surface area contributed by atoms with Gasteiger partial charge >= 0.3 is 6.18 Å². The SMILES string of the molecule is O=C(Cn1cc(C(F)(F)F)cc(Cl)c1=O)Nc1ccc(S(=O)(=O)N2CCCCCC2)cc1. The molecular formula is C20H21ClF3N3O4S. The van der Waals surface area contributed by atoms with E-state index in [0.717, 1.165) is 25.7 Å². The van der Waals surface area contributed by atoms with Crippen LogP contribution in [0.5, 0.6) is 0 Å². The van der Waals surface area contributed by atoms with Crippen molar-refractivity contribution >= 4 is 33.2 Å². The second kappa shape index (κ2) is 9.63. The van der Waals surface area contributed by atoms with Crippen molar-refractivity contribution in [3.8, 4) is 0 Å². The number of sulfonamides is 1. The highest BCUT2D eigenvalue weighted by Crippen LogP contribution is 2.29. The van der Waals surface area contributed by atoms with Gasteiger partial charge in [-0.25, -0.2) is 8.42 Å². The summed E-state index contributed by atoms with van der Waals surface area (Å²) in [7, 11) is -3.65. The zero-order chi connectivity index (χ0) is 23.5. The Hall–Kier alpha value is -2.37. The van der Waals surface area contributed by atoms with Crippen LogP contribution in [0.4, 0.5) is 18.9 Å². The first-order valence-corrected chi connectivity index (χ1v) is 11.7. The Balaban J connectivity index is 1.72. The molecule has 1 amide bonds. The van der Waals surface area contributed by atoms with E-state index < -0.39 is 44.8 Å². The summed E-state index contributed by atoms with van der Waals surface area (Å²) in [6, 6.07) is 5.96. The third kappa shape index (κ3) is 5.70. The molecule has 0 aliphatic carbocycles. The molecule has 0 saturated carbocycles. The minimum absolute atomic E-state index is 0.0817. The summed E-state index contributed by atoms with van der Waals surface area (Å²) in [6.07, 6.45) is -0.651. The predicted octanol–water partition coefficient (Wildman–Crippen LogP) is 3.72. The summed E-state index contributed by atoms with van der Waals surface area (Å²) >= 11 is 5.58. The van der Waals surface area contributed by atoms with E-state index in [1.54, 1.807) is 0 Å². The summed E-state index contributed by atoms with van der Waals surface area (Å²) < 4.78 is 66.4. The summed E-state index contributed by atoms with van der Waals surface area (Å²) in [5.41, 5.74) is -1.86. The quantitative estimate of drug-likeness (QED) is 0.690. The lowest BCUT2D eigenvalue weighted by Gasteiger charge is -2.20. The van der Waals surface area contributed by atoms with Gasteiger partial charge in [0.25, 0.3) is 5.56 Å². The molecule has 3 rings (SSSR count). The molecule has 1 aromatic heterocycles. The maximum atomic E-state index is 12.9. The lowest BCUT2D eigenvalue weighted by atomic mass is 10.2. The van der Waals surface area contributed by atoms with E-state index in [0.29, 0.717) is 29.9 Å². The van der Waals surface area contributed by atoms with Crippen molar-refractivity contribution < 1.29 is 26.4 Å². The fourth-order valence-corrected chi connectivity index (χ4v) is 5.11. The molecule has 1 aromatic carbocycles. The van der Waals surface area contributed by atoms with E-state index in [9.17, 15) is 31.2 Å². The molecule has 1 N–H and O–H groups in total. The number of rotatable bonds is 5. The number of anilines is 1. The summed E-state index contributed by atoms with van der Waals surface area (Å²) in [4.78, 5) is 24.3. The third-order valence-corrected chi connectivity index (χ3v) is 7.21. The Morgan fingerprint density at radius 3 is 2.22 bits per heavy atom. The van der Waals surface area contributed by atoms with Crippen LogP contribution in [-0.4, -0.2) is 36.3 Å². The van der Waals surface area contributed by atoms with Crippen molar-refractivity contribution in [3.05, 3.63) is 57.5 Å². The van der Waals surface area contributed by atoms with Crippen LogP contribution in [0.15, 0.2) is 46.2 Å². The Labute approximate surface area is 187 Å². The third-order valence-electron chi connectivity index (χ3n) is 5.02. The van der Waals surface area contributed by atoms with E-state index in [2.05, 4.69) is 5.32 Å². The van der Waals surface area contributed by atoms with Gasteiger partial charge in [0.2, 0.25) is 15.9 Å². The zero-order valence-electron chi connectivity index (χ0n) is 16.9. The van der Waals surface area contributed by atoms with E-state index in [1.807, 2.05) is 0 Å². The molecule has 0 bridgehead atoms. The molecule has 2 aromatic rings. The molecule has 174 valence electrons. The fraction of sp³-hybridized carbons (Fsp3) is 0.400. The molecule has 0 spiro atoms. The average Bonchev–Trinajstić information content (AvgIpc) is 3.01. The first-order chi connectivity index (χ1) is 15.0. The van der Waals surface area contributed by atoms with Gasteiger partial charge in [-0.3, -0.25) is 9.59 Å². The lowest BCUT2D eigenvalue weighted by Crippen LogP contribution is -2.32. The van der Waals surface area contributed by atoms with Gasteiger partial charge in [0, 0.05) is 25.0 Å². The maximum Gasteiger partial charge on any atom is 0.417 e. The largest absolute Gasteiger partial charge is 0.417 e. The van der Waals surface area contributed by atoms with Gasteiger partial charge in [-0.05, 0) is 43.2 Å². The molecule has 1 aliphatic heterocycles.